The molecular weight excluding hydrogens is 412 g/mol. The lowest BCUT2D eigenvalue weighted by Crippen LogP contribution is -2.34. The molecule has 130 valence electrons. The van der Waals surface area contributed by atoms with E-state index in [0.717, 1.165) is 34.5 Å². The highest BCUT2D eigenvalue weighted by Crippen LogP contribution is 2.23. The van der Waals surface area contributed by atoms with Gasteiger partial charge in [-0.3, -0.25) is 14.9 Å². The van der Waals surface area contributed by atoms with E-state index in [1.807, 2.05) is 6.07 Å². The number of aromatic nitrogens is 2. The second kappa shape index (κ2) is 9.24. The average Bonchev–Trinajstić information content (AvgIpc) is 3.16. The molecule has 0 unspecified atom stereocenters. The molecule has 0 aromatic carbocycles. The quantitative estimate of drug-likeness (QED) is 0.645. The Balaban J connectivity index is 1.83. The predicted molar refractivity (Wildman–Crippen MR) is 101 cm³/mol. The molecule has 2 amide bonds. The van der Waals surface area contributed by atoms with Crippen LogP contribution in [-0.4, -0.2) is 40.5 Å². The number of nitrogens with one attached hydrogen (secondary N) is 1. The summed E-state index contributed by atoms with van der Waals surface area (Å²) in [5, 5.41) is 12.2. The number of aryl methyl sites for hydroxylation is 1. The molecule has 0 aliphatic heterocycles. The second-order valence-electron chi connectivity index (χ2n) is 5.27. The Bertz CT molecular complexity index is 701. The molecule has 2 heterocycles. The van der Waals surface area contributed by atoms with E-state index in [9.17, 15) is 9.59 Å². The molecule has 2 rings (SSSR count). The molecule has 0 saturated carbocycles. The van der Waals surface area contributed by atoms with Crippen molar-refractivity contribution >= 4 is 55.5 Å². The Morgan fingerprint density at radius 1 is 1.25 bits per heavy atom. The number of halogens is 1. The lowest BCUT2D eigenvalue weighted by molar-refractivity contribution is -0.116. The fourth-order valence-corrected chi connectivity index (χ4v) is 4.17. The number of carbonyl (C=O) groups excluding carboxylic acids is 2. The van der Waals surface area contributed by atoms with Gasteiger partial charge in [0, 0.05) is 13.5 Å². The first-order valence-corrected chi connectivity index (χ1v) is 10.0. The second-order valence-corrected chi connectivity index (χ2v) is 8.80. The van der Waals surface area contributed by atoms with Crippen LogP contribution >= 0.6 is 38.6 Å². The summed E-state index contributed by atoms with van der Waals surface area (Å²) >= 11 is 6.05. The summed E-state index contributed by atoms with van der Waals surface area (Å²) in [7, 11) is 1.60. The molecule has 9 heteroatoms. The van der Waals surface area contributed by atoms with Crippen LogP contribution in [0.25, 0.3) is 0 Å². The van der Waals surface area contributed by atoms with Gasteiger partial charge in [-0.05, 0) is 34.5 Å². The van der Waals surface area contributed by atoms with Crippen molar-refractivity contribution in [1.29, 1.82) is 0 Å². The molecule has 0 spiro atoms. The Morgan fingerprint density at radius 3 is 2.71 bits per heavy atom. The maximum atomic E-state index is 12.2. The molecule has 0 fully saturated rings. The van der Waals surface area contributed by atoms with E-state index in [-0.39, 0.29) is 18.4 Å². The number of carbonyl (C=O) groups is 2. The molecule has 1 N–H and O–H groups in total. The van der Waals surface area contributed by atoms with Crippen LogP contribution in [0, 0.1) is 0 Å². The van der Waals surface area contributed by atoms with Gasteiger partial charge in [0.15, 0.2) is 0 Å². The van der Waals surface area contributed by atoms with Crippen molar-refractivity contribution in [2.75, 3.05) is 18.9 Å². The van der Waals surface area contributed by atoms with E-state index in [2.05, 4.69) is 38.4 Å². The normalized spacial score (nSPS) is 10.6. The molecule has 2 aromatic heterocycles. The van der Waals surface area contributed by atoms with Crippen LogP contribution in [0.2, 0.25) is 0 Å². The maximum Gasteiger partial charge on any atom is 0.264 e. The molecular formula is C15H19BrN4O2S2. The summed E-state index contributed by atoms with van der Waals surface area (Å²) in [4.78, 5) is 26.2. The van der Waals surface area contributed by atoms with Crippen molar-refractivity contribution in [3.8, 4) is 0 Å². The largest absolute Gasteiger partial charge is 0.332 e. The molecule has 0 radical (unpaired) electrons. The third kappa shape index (κ3) is 5.64. The van der Waals surface area contributed by atoms with E-state index in [0.29, 0.717) is 10.0 Å². The molecule has 6 nitrogen and oxygen atoms in total. The zero-order valence-corrected chi connectivity index (χ0v) is 16.8. The Morgan fingerprint density at radius 2 is 2.04 bits per heavy atom. The summed E-state index contributed by atoms with van der Waals surface area (Å²) in [5.74, 6) is -0.462. The first-order chi connectivity index (χ1) is 11.5. The van der Waals surface area contributed by atoms with Gasteiger partial charge in [0.25, 0.3) is 5.91 Å². The number of amides is 2. The van der Waals surface area contributed by atoms with Crippen LogP contribution in [-0.2, 0) is 11.2 Å². The highest BCUT2D eigenvalue weighted by atomic mass is 79.9. The van der Waals surface area contributed by atoms with E-state index in [4.69, 9.17) is 0 Å². The van der Waals surface area contributed by atoms with Gasteiger partial charge in [-0.25, -0.2) is 0 Å². The monoisotopic (exact) mass is 430 g/mol. The predicted octanol–water partition coefficient (Wildman–Crippen LogP) is 3.81. The number of thiophene rings is 1. The van der Waals surface area contributed by atoms with Crippen molar-refractivity contribution in [1.82, 2.24) is 15.1 Å². The van der Waals surface area contributed by atoms with Crippen LogP contribution in [0.1, 0.15) is 40.9 Å². The number of nitrogens with zero attached hydrogens (tertiary/aromatic N) is 3. The number of likely N-dealkylation sites (N-methyl/N-ethyl adjacent to an activating group) is 1. The highest BCUT2D eigenvalue weighted by Gasteiger charge is 2.17. The van der Waals surface area contributed by atoms with Gasteiger partial charge < -0.3 is 4.90 Å². The number of hydrogen-bond acceptors (Lipinski definition) is 6. The van der Waals surface area contributed by atoms with Gasteiger partial charge in [0.2, 0.25) is 11.0 Å². The SMILES string of the molecule is CCCCCc1nnc(NC(=O)CN(C)C(=O)c2ccc(Br)s2)s1. The highest BCUT2D eigenvalue weighted by molar-refractivity contribution is 9.11. The zero-order valence-electron chi connectivity index (χ0n) is 13.5. The van der Waals surface area contributed by atoms with E-state index in [1.54, 1.807) is 13.1 Å². The van der Waals surface area contributed by atoms with Gasteiger partial charge in [0.1, 0.15) is 5.01 Å². The van der Waals surface area contributed by atoms with Crippen molar-refractivity contribution in [3.05, 3.63) is 25.8 Å². The van der Waals surface area contributed by atoms with Crippen LogP contribution in [0.15, 0.2) is 15.9 Å². The standard InChI is InChI=1S/C15H19BrN4O2S2/c1-3-4-5-6-13-18-19-15(24-13)17-12(21)9-20(2)14(22)10-7-8-11(16)23-10/h7-8H,3-6,9H2,1-2H3,(H,17,19,21). The van der Waals surface area contributed by atoms with Crippen LogP contribution in [0.5, 0.6) is 0 Å². The van der Waals surface area contributed by atoms with Crippen molar-refractivity contribution in [2.24, 2.45) is 0 Å². The Kier molecular flexibility index (Phi) is 7.32. The van der Waals surface area contributed by atoms with Crippen LogP contribution in [0.3, 0.4) is 0 Å². The third-order valence-corrected chi connectivity index (χ3v) is 5.73. The summed E-state index contributed by atoms with van der Waals surface area (Å²) in [6, 6.07) is 3.55. The van der Waals surface area contributed by atoms with E-state index < -0.39 is 0 Å². The number of rotatable bonds is 8. The fraction of sp³-hybridized carbons (Fsp3) is 0.467. The minimum absolute atomic E-state index is 0.0287. The number of hydrogen-bond donors (Lipinski definition) is 1. The molecule has 0 atom stereocenters. The van der Waals surface area contributed by atoms with Crippen LogP contribution in [0.4, 0.5) is 5.13 Å². The van der Waals surface area contributed by atoms with Gasteiger partial charge in [-0.2, -0.15) is 0 Å². The van der Waals surface area contributed by atoms with Gasteiger partial charge in [-0.1, -0.05) is 31.1 Å². The van der Waals surface area contributed by atoms with Crippen molar-refractivity contribution < 1.29 is 9.59 Å². The van der Waals surface area contributed by atoms with Gasteiger partial charge in [0.05, 0.1) is 15.2 Å². The lowest BCUT2D eigenvalue weighted by atomic mass is 10.2. The smallest absolute Gasteiger partial charge is 0.264 e. The summed E-state index contributed by atoms with van der Waals surface area (Å²) in [6.45, 7) is 2.12. The number of anilines is 1. The summed E-state index contributed by atoms with van der Waals surface area (Å²) in [5.41, 5.74) is 0. The zero-order chi connectivity index (χ0) is 17.5. The van der Waals surface area contributed by atoms with E-state index >= 15 is 0 Å². The summed E-state index contributed by atoms with van der Waals surface area (Å²) in [6.07, 6.45) is 4.27. The fourth-order valence-electron chi connectivity index (χ4n) is 1.99. The first-order valence-electron chi connectivity index (χ1n) is 7.62. The summed E-state index contributed by atoms with van der Waals surface area (Å²) < 4.78 is 0.883. The van der Waals surface area contributed by atoms with Crippen LogP contribution < -0.4 is 5.32 Å². The molecule has 0 aliphatic carbocycles. The topological polar surface area (TPSA) is 75.2 Å². The Labute approximate surface area is 157 Å². The molecule has 24 heavy (non-hydrogen) atoms. The molecule has 0 aliphatic rings. The lowest BCUT2D eigenvalue weighted by Gasteiger charge is -2.14. The minimum atomic E-state index is -0.280. The number of unbranched alkanes of at least 4 members (excludes halogenated alkanes) is 2. The first kappa shape index (κ1) is 19.0. The van der Waals surface area contributed by atoms with Crippen molar-refractivity contribution in [2.45, 2.75) is 32.6 Å². The molecule has 2 aromatic rings. The maximum absolute atomic E-state index is 12.2. The van der Waals surface area contributed by atoms with Gasteiger partial charge >= 0.3 is 0 Å². The molecule has 0 bridgehead atoms. The minimum Gasteiger partial charge on any atom is -0.332 e. The average molecular weight is 431 g/mol. The van der Waals surface area contributed by atoms with Crippen molar-refractivity contribution in [3.63, 3.8) is 0 Å². The third-order valence-electron chi connectivity index (χ3n) is 3.22. The van der Waals surface area contributed by atoms with E-state index in [1.165, 1.54) is 27.6 Å². The molecule has 0 saturated heterocycles. The Hall–Kier alpha value is -1.32. The van der Waals surface area contributed by atoms with Gasteiger partial charge in [-0.15, -0.1) is 21.5 Å².